The van der Waals surface area contributed by atoms with Gasteiger partial charge in [-0.2, -0.15) is 0 Å². The number of methoxy groups -OCH3 is 1. The van der Waals surface area contributed by atoms with Crippen LogP contribution >= 0.6 is 0 Å². The van der Waals surface area contributed by atoms with E-state index in [1.165, 1.54) is 7.11 Å². The zero-order chi connectivity index (χ0) is 20.3. The number of benzene rings is 2. The molecule has 0 bridgehead atoms. The molecule has 4 rings (SSSR count). The first-order valence-corrected chi connectivity index (χ1v) is 10.0. The van der Waals surface area contributed by atoms with Gasteiger partial charge < -0.3 is 20.1 Å². The van der Waals surface area contributed by atoms with Crippen molar-refractivity contribution in [1.82, 2.24) is 5.32 Å². The van der Waals surface area contributed by atoms with Crippen LogP contribution in [-0.4, -0.2) is 32.1 Å². The van der Waals surface area contributed by atoms with Gasteiger partial charge in [0.05, 0.1) is 18.4 Å². The number of carbonyl (C=O) groups excluding carboxylic acids is 2. The minimum atomic E-state index is -0.448. The molecule has 2 fully saturated rings. The molecule has 0 aromatic heterocycles. The summed E-state index contributed by atoms with van der Waals surface area (Å²) in [6.45, 7) is 2.31. The number of esters is 1. The predicted octanol–water partition coefficient (Wildman–Crippen LogP) is 3.38. The fourth-order valence-corrected chi connectivity index (χ4v) is 4.15. The Bertz CT molecular complexity index is 891. The highest BCUT2D eigenvalue weighted by Crippen LogP contribution is 2.58. The van der Waals surface area contributed by atoms with E-state index in [0.717, 1.165) is 37.9 Å². The van der Waals surface area contributed by atoms with E-state index < -0.39 is 5.97 Å². The zero-order valence-electron chi connectivity index (χ0n) is 16.6. The van der Waals surface area contributed by atoms with Gasteiger partial charge in [0.1, 0.15) is 12.4 Å². The highest BCUT2D eigenvalue weighted by atomic mass is 16.5. The van der Waals surface area contributed by atoms with Gasteiger partial charge in [0.25, 0.3) is 0 Å². The summed E-state index contributed by atoms with van der Waals surface area (Å²) in [5.41, 5.74) is 2.05. The van der Waals surface area contributed by atoms with Crippen LogP contribution in [-0.2, 0) is 16.1 Å². The zero-order valence-corrected chi connectivity index (χ0v) is 16.6. The van der Waals surface area contributed by atoms with Crippen molar-refractivity contribution in [2.45, 2.75) is 25.9 Å². The van der Waals surface area contributed by atoms with Crippen LogP contribution in [0.25, 0.3) is 0 Å². The van der Waals surface area contributed by atoms with E-state index in [0.29, 0.717) is 23.6 Å². The SMILES string of the molecule is COC(=O)c1ccc(OCc2ccccc2)c(NC(=O)C2CC23CCNCC3)c1. The van der Waals surface area contributed by atoms with Crippen molar-refractivity contribution in [3.63, 3.8) is 0 Å². The molecule has 2 N–H and O–H groups in total. The molecule has 1 spiro atoms. The molecule has 2 aliphatic rings. The molecular weight excluding hydrogens is 368 g/mol. The van der Waals surface area contributed by atoms with E-state index >= 15 is 0 Å². The highest BCUT2D eigenvalue weighted by molar-refractivity contribution is 5.98. The standard InChI is InChI=1S/C23H26N2O4/c1-28-22(27)17-7-8-20(29-15-16-5-3-2-4-6-16)19(13-17)25-21(26)18-14-23(18)9-11-24-12-10-23/h2-8,13,18,24H,9-12,14-15H2,1H3,(H,25,26). The first kappa shape index (κ1) is 19.5. The Kier molecular flexibility index (Phi) is 5.53. The van der Waals surface area contributed by atoms with Gasteiger partial charge in [0.15, 0.2) is 0 Å². The molecule has 6 heteroatoms. The predicted molar refractivity (Wildman–Crippen MR) is 110 cm³/mol. The number of hydrogen-bond acceptors (Lipinski definition) is 5. The second-order valence-corrected chi connectivity index (χ2v) is 7.84. The first-order valence-electron chi connectivity index (χ1n) is 10.0. The minimum Gasteiger partial charge on any atom is -0.487 e. The van der Waals surface area contributed by atoms with E-state index in [9.17, 15) is 9.59 Å². The third-order valence-corrected chi connectivity index (χ3v) is 6.00. The fraction of sp³-hybridized carbons (Fsp3) is 0.391. The topological polar surface area (TPSA) is 76.7 Å². The average molecular weight is 394 g/mol. The Labute approximate surface area is 170 Å². The Hall–Kier alpha value is -2.86. The second kappa shape index (κ2) is 8.25. The Morgan fingerprint density at radius 2 is 1.90 bits per heavy atom. The first-order chi connectivity index (χ1) is 14.1. The number of amides is 1. The summed E-state index contributed by atoms with van der Waals surface area (Å²) in [6.07, 6.45) is 2.99. The molecule has 2 aromatic rings. The molecule has 29 heavy (non-hydrogen) atoms. The second-order valence-electron chi connectivity index (χ2n) is 7.84. The van der Waals surface area contributed by atoms with Crippen molar-refractivity contribution < 1.29 is 19.1 Å². The molecule has 1 aliphatic heterocycles. The average Bonchev–Trinajstić information content (AvgIpc) is 3.46. The molecule has 2 aromatic carbocycles. The van der Waals surface area contributed by atoms with E-state index in [1.54, 1.807) is 18.2 Å². The molecule has 152 valence electrons. The monoisotopic (exact) mass is 394 g/mol. The molecule has 1 atom stereocenters. The molecule has 1 saturated heterocycles. The van der Waals surface area contributed by atoms with Crippen molar-refractivity contribution in [2.24, 2.45) is 11.3 Å². The molecule has 6 nitrogen and oxygen atoms in total. The quantitative estimate of drug-likeness (QED) is 0.735. The van der Waals surface area contributed by atoms with Gasteiger partial charge in [0.2, 0.25) is 5.91 Å². The van der Waals surface area contributed by atoms with Crippen molar-refractivity contribution in [2.75, 3.05) is 25.5 Å². The third kappa shape index (κ3) is 4.27. The molecule has 1 heterocycles. The Balaban J connectivity index is 1.51. The summed E-state index contributed by atoms with van der Waals surface area (Å²) in [5.74, 6) is 0.109. The number of hydrogen-bond donors (Lipinski definition) is 2. The lowest BCUT2D eigenvalue weighted by Gasteiger charge is -2.23. The van der Waals surface area contributed by atoms with Gasteiger partial charge in [-0.25, -0.2) is 4.79 Å². The van der Waals surface area contributed by atoms with Crippen molar-refractivity contribution >= 4 is 17.6 Å². The largest absolute Gasteiger partial charge is 0.487 e. The molecule has 1 amide bonds. The maximum absolute atomic E-state index is 12.9. The molecule has 1 unspecified atom stereocenters. The van der Waals surface area contributed by atoms with E-state index in [4.69, 9.17) is 9.47 Å². The van der Waals surface area contributed by atoms with Crippen molar-refractivity contribution in [3.05, 3.63) is 59.7 Å². The minimum absolute atomic E-state index is 0.00141. The molecular formula is C23H26N2O4. The number of rotatable bonds is 6. The highest BCUT2D eigenvalue weighted by Gasteiger charge is 2.57. The Morgan fingerprint density at radius 3 is 2.62 bits per heavy atom. The fourth-order valence-electron chi connectivity index (χ4n) is 4.15. The van der Waals surface area contributed by atoms with Gasteiger partial charge in [-0.15, -0.1) is 0 Å². The van der Waals surface area contributed by atoms with Crippen molar-refractivity contribution in [3.8, 4) is 5.75 Å². The lowest BCUT2D eigenvalue weighted by atomic mass is 9.92. The van der Waals surface area contributed by atoms with Gasteiger partial charge in [-0.3, -0.25) is 4.79 Å². The number of anilines is 1. The third-order valence-electron chi connectivity index (χ3n) is 6.00. The maximum Gasteiger partial charge on any atom is 0.337 e. The van der Waals surface area contributed by atoms with Crippen LogP contribution in [0.4, 0.5) is 5.69 Å². The van der Waals surface area contributed by atoms with E-state index in [-0.39, 0.29) is 17.2 Å². The number of nitrogens with one attached hydrogen (secondary N) is 2. The lowest BCUT2D eigenvalue weighted by molar-refractivity contribution is -0.118. The maximum atomic E-state index is 12.9. The summed E-state index contributed by atoms with van der Waals surface area (Å²) in [4.78, 5) is 24.9. The summed E-state index contributed by atoms with van der Waals surface area (Å²) in [7, 11) is 1.34. The molecule has 1 saturated carbocycles. The van der Waals surface area contributed by atoms with Gasteiger partial charge in [0, 0.05) is 5.92 Å². The van der Waals surface area contributed by atoms with Crippen LogP contribution < -0.4 is 15.4 Å². The van der Waals surface area contributed by atoms with E-state index in [2.05, 4.69) is 10.6 Å². The van der Waals surface area contributed by atoms with Gasteiger partial charge in [-0.1, -0.05) is 30.3 Å². The number of piperidine rings is 1. The normalized spacial score (nSPS) is 19.4. The van der Waals surface area contributed by atoms with Crippen LogP contribution in [0.1, 0.15) is 35.2 Å². The van der Waals surface area contributed by atoms with Crippen LogP contribution in [0.3, 0.4) is 0 Å². The lowest BCUT2D eigenvalue weighted by Crippen LogP contribution is -2.31. The summed E-state index contributed by atoms with van der Waals surface area (Å²) >= 11 is 0. The Morgan fingerprint density at radius 1 is 1.14 bits per heavy atom. The van der Waals surface area contributed by atoms with E-state index in [1.807, 2.05) is 30.3 Å². The molecule has 1 aliphatic carbocycles. The number of ether oxygens (including phenoxy) is 2. The van der Waals surface area contributed by atoms with Gasteiger partial charge >= 0.3 is 5.97 Å². The van der Waals surface area contributed by atoms with Crippen molar-refractivity contribution in [1.29, 1.82) is 0 Å². The van der Waals surface area contributed by atoms with Crippen LogP contribution in [0.15, 0.2) is 48.5 Å². The smallest absolute Gasteiger partial charge is 0.337 e. The number of carbonyl (C=O) groups is 2. The summed E-state index contributed by atoms with van der Waals surface area (Å²) in [5, 5.41) is 6.36. The van der Waals surface area contributed by atoms with Crippen LogP contribution in [0.2, 0.25) is 0 Å². The summed E-state index contributed by atoms with van der Waals surface area (Å²) in [6, 6.07) is 14.8. The van der Waals surface area contributed by atoms with Gasteiger partial charge in [-0.05, 0) is 61.5 Å². The van der Waals surface area contributed by atoms with Crippen LogP contribution in [0.5, 0.6) is 5.75 Å². The molecule has 0 radical (unpaired) electrons. The van der Waals surface area contributed by atoms with Crippen LogP contribution in [0, 0.1) is 11.3 Å². The summed E-state index contributed by atoms with van der Waals surface area (Å²) < 4.78 is 10.8.